The van der Waals surface area contributed by atoms with E-state index in [-0.39, 0.29) is 29.7 Å². The first-order chi connectivity index (χ1) is 27.0. The molecule has 1 atom stereocenters. The number of alkyl halides is 3. The number of hydrogen-bond donors (Lipinski definition) is 2. The first kappa shape index (κ1) is 37.1. The molecular formula is C41H37F3N4O7S. The number of carbonyl (C=O) groups excluding carboxylic acids is 3. The molecule has 4 heterocycles. The molecule has 8 rings (SSSR count). The second kappa shape index (κ2) is 15.4. The highest BCUT2D eigenvalue weighted by Crippen LogP contribution is 2.47. The van der Waals surface area contributed by atoms with Gasteiger partial charge < -0.3 is 29.1 Å². The summed E-state index contributed by atoms with van der Waals surface area (Å²) in [5.41, 5.74) is 3.19. The molecule has 0 saturated carbocycles. The summed E-state index contributed by atoms with van der Waals surface area (Å²) in [6.07, 6.45) is -3.39. The molecule has 56 heavy (non-hydrogen) atoms. The molecule has 2 N–H and O–H groups in total. The number of nitrogens with zero attached hydrogens (tertiary/aromatic N) is 3. The van der Waals surface area contributed by atoms with Crippen LogP contribution < -0.4 is 24.4 Å². The molecule has 0 bridgehead atoms. The number of aromatic hydroxyl groups is 1. The number of hydrogen-bond acceptors (Lipinski definition) is 10. The summed E-state index contributed by atoms with van der Waals surface area (Å²) in [5.74, 6) is 0.634. The van der Waals surface area contributed by atoms with E-state index in [2.05, 4.69) is 19.9 Å². The SMILES string of the molecule is O=C1CCC(N2Cc3cc(N4CCN(CCCOc5ccc(Oc6c(-c7ccc(OC(F)(F)F)cc7)sc7cc(O)ccc67)cc5)CC4)ccc3C2=O)C(=O)N1. The van der Waals surface area contributed by atoms with Crippen molar-refractivity contribution in [3.63, 3.8) is 0 Å². The third kappa shape index (κ3) is 8.09. The minimum atomic E-state index is -4.79. The van der Waals surface area contributed by atoms with Crippen LogP contribution in [0, 0.1) is 0 Å². The number of thiophene rings is 1. The topological polar surface area (TPSA) is 121 Å². The molecule has 3 amide bonds. The number of rotatable bonds is 11. The number of anilines is 1. The van der Waals surface area contributed by atoms with Gasteiger partial charge in [-0.3, -0.25) is 24.6 Å². The Kier molecular flexibility index (Phi) is 10.2. The van der Waals surface area contributed by atoms with Gasteiger partial charge in [0.1, 0.15) is 29.0 Å². The predicted octanol–water partition coefficient (Wildman–Crippen LogP) is 7.32. The Balaban J connectivity index is 0.817. The lowest BCUT2D eigenvalue weighted by Crippen LogP contribution is -2.52. The van der Waals surface area contributed by atoms with E-state index in [4.69, 9.17) is 9.47 Å². The van der Waals surface area contributed by atoms with E-state index in [1.165, 1.54) is 35.6 Å². The molecule has 5 aromatic rings. The van der Waals surface area contributed by atoms with Gasteiger partial charge in [-0.1, -0.05) is 0 Å². The maximum Gasteiger partial charge on any atom is 0.573 e. The maximum atomic E-state index is 13.1. The minimum absolute atomic E-state index is 0.0898. The van der Waals surface area contributed by atoms with Crippen molar-refractivity contribution < 1.29 is 46.9 Å². The highest BCUT2D eigenvalue weighted by Gasteiger charge is 2.39. The zero-order chi connectivity index (χ0) is 39.0. The van der Waals surface area contributed by atoms with Crippen molar-refractivity contribution in [2.75, 3.05) is 44.2 Å². The number of piperidine rings is 1. The molecule has 11 nitrogen and oxygen atoms in total. The average Bonchev–Trinajstić information content (AvgIpc) is 3.69. The summed E-state index contributed by atoms with van der Waals surface area (Å²) in [4.78, 5) is 44.0. The van der Waals surface area contributed by atoms with Gasteiger partial charge in [-0.05, 0) is 109 Å². The quantitative estimate of drug-likeness (QED) is 0.105. The summed E-state index contributed by atoms with van der Waals surface area (Å²) in [5, 5.41) is 13.2. The first-order valence-corrected chi connectivity index (χ1v) is 19.1. The third-order valence-corrected chi connectivity index (χ3v) is 11.3. The fraction of sp³-hybridized carbons (Fsp3) is 0.293. The summed E-state index contributed by atoms with van der Waals surface area (Å²) in [7, 11) is 0. The second-order valence-corrected chi connectivity index (χ2v) is 14.9. The Morgan fingerprint density at radius 3 is 2.32 bits per heavy atom. The Bertz CT molecular complexity index is 2270. The lowest BCUT2D eigenvalue weighted by atomic mass is 10.0. The number of amides is 3. The monoisotopic (exact) mass is 786 g/mol. The van der Waals surface area contributed by atoms with E-state index in [0.717, 1.165) is 60.5 Å². The van der Waals surface area contributed by atoms with Crippen LogP contribution >= 0.6 is 11.3 Å². The summed E-state index contributed by atoms with van der Waals surface area (Å²) < 4.78 is 55.3. The fourth-order valence-corrected chi connectivity index (χ4v) is 8.52. The molecule has 0 radical (unpaired) electrons. The van der Waals surface area contributed by atoms with Crippen molar-refractivity contribution in [2.24, 2.45) is 0 Å². The molecule has 2 saturated heterocycles. The van der Waals surface area contributed by atoms with Gasteiger partial charge >= 0.3 is 6.36 Å². The Hall–Kier alpha value is -5.80. The molecular weight excluding hydrogens is 750 g/mol. The number of fused-ring (bicyclic) bond motifs is 2. The number of phenols is 1. The molecule has 1 unspecified atom stereocenters. The smallest absolute Gasteiger partial charge is 0.508 e. The van der Waals surface area contributed by atoms with E-state index in [1.807, 2.05) is 30.3 Å². The van der Waals surface area contributed by atoms with Gasteiger partial charge in [0.2, 0.25) is 11.8 Å². The van der Waals surface area contributed by atoms with Crippen molar-refractivity contribution in [3.8, 4) is 39.2 Å². The lowest BCUT2D eigenvalue weighted by Gasteiger charge is -2.36. The third-order valence-electron chi connectivity index (χ3n) is 10.2. The van der Waals surface area contributed by atoms with Crippen molar-refractivity contribution in [1.82, 2.24) is 15.1 Å². The molecule has 4 aromatic carbocycles. The molecule has 0 spiro atoms. The normalized spacial score (nSPS) is 17.6. The number of nitrogens with one attached hydrogen (secondary N) is 1. The van der Waals surface area contributed by atoms with E-state index >= 15 is 0 Å². The minimum Gasteiger partial charge on any atom is -0.508 e. The van der Waals surface area contributed by atoms with Crippen LogP contribution in [-0.4, -0.2) is 84.4 Å². The highest BCUT2D eigenvalue weighted by molar-refractivity contribution is 7.22. The predicted molar refractivity (Wildman–Crippen MR) is 203 cm³/mol. The van der Waals surface area contributed by atoms with Gasteiger partial charge in [-0.25, -0.2) is 0 Å². The van der Waals surface area contributed by atoms with Crippen molar-refractivity contribution in [3.05, 3.63) is 96.1 Å². The van der Waals surface area contributed by atoms with Gasteiger partial charge in [0.25, 0.3) is 5.91 Å². The molecule has 2 fully saturated rings. The largest absolute Gasteiger partial charge is 0.573 e. The number of imide groups is 1. The van der Waals surface area contributed by atoms with Gasteiger partial charge in [0.05, 0.1) is 11.5 Å². The van der Waals surface area contributed by atoms with Gasteiger partial charge in [-0.2, -0.15) is 0 Å². The van der Waals surface area contributed by atoms with Crippen LogP contribution in [0.4, 0.5) is 18.9 Å². The summed E-state index contributed by atoms with van der Waals surface area (Å²) >= 11 is 1.35. The summed E-state index contributed by atoms with van der Waals surface area (Å²) in [6.45, 7) is 5.20. The van der Waals surface area contributed by atoms with Gasteiger partial charge in [-0.15, -0.1) is 24.5 Å². The molecule has 0 aliphatic carbocycles. The zero-order valence-electron chi connectivity index (χ0n) is 30.0. The van der Waals surface area contributed by atoms with Crippen LogP contribution in [0.25, 0.3) is 20.5 Å². The highest BCUT2D eigenvalue weighted by atomic mass is 32.1. The number of carbonyl (C=O) groups is 3. The lowest BCUT2D eigenvalue weighted by molar-refractivity contribution is -0.274. The van der Waals surface area contributed by atoms with Crippen LogP contribution in [0.3, 0.4) is 0 Å². The number of halogens is 3. The van der Waals surface area contributed by atoms with Crippen LogP contribution in [-0.2, 0) is 16.1 Å². The average molecular weight is 787 g/mol. The fourth-order valence-electron chi connectivity index (χ4n) is 7.35. The standard InChI is InChI=1S/C41H37F3N4O7S/c42-41(43,44)55-31-6-2-25(3-7-31)38-37(33-13-5-28(49)23-35(33)56-38)54-30-10-8-29(9-11-30)53-21-1-16-46-17-19-47(20-18-46)27-4-12-32-26(22-27)24-48(40(32)52)34-14-15-36(50)45-39(34)51/h2-13,22-23,34,49H,1,14-21,24H2,(H,45,50,51). The van der Waals surface area contributed by atoms with Crippen LogP contribution in [0.15, 0.2) is 84.9 Å². The second-order valence-electron chi connectivity index (χ2n) is 13.9. The Labute approximate surface area is 323 Å². The van der Waals surface area contributed by atoms with E-state index in [9.17, 15) is 32.7 Å². The Morgan fingerprint density at radius 2 is 1.59 bits per heavy atom. The number of ether oxygens (including phenoxy) is 3. The van der Waals surface area contributed by atoms with Gasteiger partial charge in [0, 0.05) is 67.0 Å². The molecule has 3 aliphatic rings. The maximum absolute atomic E-state index is 13.1. The van der Waals surface area contributed by atoms with Crippen LogP contribution in [0.1, 0.15) is 35.2 Å². The first-order valence-electron chi connectivity index (χ1n) is 18.2. The summed E-state index contributed by atoms with van der Waals surface area (Å²) in [6, 6.07) is 23.0. The number of piperazine rings is 1. The van der Waals surface area contributed by atoms with Crippen LogP contribution in [0.5, 0.6) is 28.7 Å². The zero-order valence-corrected chi connectivity index (χ0v) is 30.8. The van der Waals surface area contributed by atoms with Crippen molar-refractivity contribution >= 4 is 44.8 Å². The Morgan fingerprint density at radius 1 is 0.857 bits per heavy atom. The number of benzene rings is 4. The number of phenolic OH excluding ortho intramolecular Hbond substituents is 1. The van der Waals surface area contributed by atoms with Crippen molar-refractivity contribution in [1.29, 1.82) is 0 Å². The molecule has 3 aliphatic heterocycles. The van der Waals surface area contributed by atoms with Crippen molar-refractivity contribution in [2.45, 2.75) is 38.2 Å². The van der Waals surface area contributed by atoms with E-state index < -0.39 is 18.3 Å². The van der Waals surface area contributed by atoms with E-state index in [1.54, 1.807) is 35.2 Å². The molecule has 290 valence electrons. The van der Waals surface area contributed by atoms with Gasteiger partial charge in [0.15, 0.2) is 5.75 Å². The molecule has 1 aromatic heterocycles. The molecule has 15 heteroatoms. The van der Waals surface area contributed by atoms with Crippen LogP contribution in [0.2, 0.25) is 0 Å². The van der Waals surface area contributed by atoms with E-state index in [0.29, 0.717) is 52.8 Å².